The third-order valence-corrected chi connectivity index (χ3v) is 6.88. The number of amides is 1. The van der Waals surface area contributed by atoms with Gasteiger partial charge in [0.2, 0.25) is 0 Å². The summed E-state index contributed by atoms with van der Waals surface area (Å²) in [6.07, 6.45) is 18.8. The molecular weight excluding hydrogens is 548 g/mol. The molecule has 7 nitrogen and oxygen atoms in total. The summed E-state index contributed by atoms with van der Waals surface area (Å²) in [5, 5.41) is 18.3. The van der Waals surface area contributed by atoms with Gasteiger partial charge in [0.15, 0.2) is 0 Å². The van der Waals surface area contributed by atoms with E-state index in [0.717, 1.165) is 36.9 Å². The number of terminal acetylenes is 1. The van der Waals surface area contributed by atoms with Crippen LogP contribution in [0.1, 0.15) is 131 Å². The van der Waals surface area contributed by atoms with Gasteiger partial charge in [0.1, 0.15) is 11.9 Å². The van der Waals surface area contributed by atoms with Crippen LogP contribution in [-0.4, -0.2) is 47.3 Å². The van der Waals surface area contributed by atoms with E-state index in [2.05, 4.69) is 42.7 Å². The summed E-state index contributed by atoms with van der Waals surface area (Å²) in [6, 6.07) is 7.55. The number of hydrogen-bond donors (Lipinski definition) is 1. The van der Waals surface area contributed by atoms with Gasteiger partial charge in [-0.2, -0.15) is 5.26 Å². The highest BCUT2D eigenvalue weighted by Gasteiger charge is 2.37. The number of nitriles is 1. The van der Waals surface area contributed by atoms with Gasteiger partial charge in [0.05, 0.1) is 22.9 Å². The Labute approximate surface area is 269 Å². The molecule has 0 aliphatic heterocycles. The first-order chi connectivity index (χ1) is 20.7. The molecule has 44 heavy (non-hydrogen) atoms. The molecule has 1 fully saturated rings. The lowest BCUT2D eigenvalue weighted by Crippen LogP contribution is -2.30. The van der Waals surface area contributed by atoms with Gasteiger partial charge in [-0.3, -0.25) is 9.89 Å². The summed E-state index contributed by atoms with van der Waals surface area (Å²) in [6.45, 7) is 19.7. The van der Waals surface area contributed by atoms with Crippen LogP contribution in [0.25, 0.3) is 0 Å². The first kappa shape index (κ1) is 42.7. The SMILES string of the molecule is C#CCC.C/C=C(\N=C/CC(C)(C)O)N(C)C(=O)OC(CC)CCC1(C)CC1.CC=Nc1ccc(C#N)cc1C.CCCC. The van der Waals surface area contributed by atoms with Crippen LogP contribution in [0.3, 0.4) is 0 Å². The fourth-order valence-corrected chi connectivity index (χ4v) is 3.36. The number of unbranched alkanes of at least 4 members (excludes halogenated alkanes) is 1. The molecule has 2 rings (SSSR count). The second kappa shape index (κ2) is 24.0. The van der Waals surface area contributed by atoms with E-state index in [-0.39, 0.29) is 12.2 Å². The van der Waals surface area contributed by atoms with Gasteiger partial charge in [-0.25, -0.2) is 9.79 Å². The van der Waals surface area contributed by atoms with Crippen molar-refractivity contribution < 1.29 is 14.6 Å². The Balaban J connectivity index is 0. The van der Waals surface area contributed by atoms with Crippen LogP contribution < -0.4 is 0 Å². The lowest BCUT2D eigenvalue weighted by molar-refractivity contribution is 0.0658. The Kier molecular flexibility index (Phi) is 23.3. The number of nitrogens with zero attached hydrogens (tertiary/aromatic N) is 4. The zero-order valence-corrected chi connectivity index (χ0v) is 29.5. The fourth-order valence-electron chi connectivity index (χ4n) is 3.36. The van der Waals surface area contributed by atoms with Gasteiger partial charge in [0, 0.05) is 32.3 Å². The highest BCUT2D eigenvalue weighted by molar-refractivity contribution is 5.71. The number of rotatable bonds is 11. The smallest absolute Gasteiger partial charge is 0.415 e. The Bertz CT molecular complexity index is 1110. The summed E-state index contributed by atoms with van der Waals surface area (Å²) in [7, 11) is 1.66. The van der Waals surface area contributed by atoms with E-state index in [1.807, 2.05) is 46.8 Å². The molecule has 0 saturated heterocycles. The molecular formula is C37H60N4O3. The fraction of sp³-hybridized carbons (Fsp3) is 0.622. The molecule has 0 spiro atoms. The molecule has 1 amide bonds. The molecule has 1 saturated carbocycles. The minimum atomic E-state index is -0.812. The second-order valence-corrected chi connectivity index (χ2v) is 11.9. The maximum absolute atomic E-state index is 12.4. The van der Waals surface area contributed by atoms with Crippen molar-refractivity contribution >= 4 is 24.2 Å². The van der Waals surface area contributed by atoms with Gasteiger partial charge in [0.25, 0.3) is 0 Å². The van der Waals surface area contributed by atoms with E-state index in [1.165, 1.54) is 30.6 Å². The Morgan fingerprint density at radius 2 is 1.82 bits per heavy atom. The van der Waals surface area contributed by atoms with Crippen molar-refractivity contribution in [3.8, 4) is 18.4 Å². The van der Waals surface area contributed by atoms with Crippen LogP contribution >= 0.6 is 0 Å². The summed E-state index contributed by atoms with van der Waals surface area (Å²) >= 11 is 0. The quantitative estimate of drug-likeness (QED) is 0.200. The number of aliphatic imine (C=N–C) groups is 2. The lowest BCUT2D eigenvalue weighted by atomic mass is 9.99. The van der Waals surface area contributed by atoms with Gasteiger partial charge < -0.3 is 9.84 Å². The number of carbonyl (C=O) groups is 1. The van der Waals surface area contributed by atoms with Crippen LogP contribution in [-0.2, 0) is 4.74 Å². The zero-order chi connectivity index (χ0) is 34.2. The maximum Gasteiger partial charge on any atom is 0.415 e. The monoisotopic (exact) mass is 608 g/mol. The summed E-state index contributed by atoms with van der Waals surface area (Å²) in [5.41, 5.74) is 2.31. The third kappa shape index (κ3) is 21.3. The third-order valence-electron chi connectivity index (χ3n) is 6.88. The molecule has 1 atom stereocenters. The van der Waals surface area contributed by atoms with Crippen molar-refractivity contribution in [3.05, 3.63) is 41.2 Å². The van der Waals surface area contributed by atoms with Crippen molar-refractivity contribution in [3.63, 3.8) is 0 Å². The molecule has 0 radical (unpaired) electrons. The van der Waals surface area contributed by atoms with E-state index in [1.54, 1.807) is 45.5 Å². The zero-order valence-electron chi connectivity index (χ0n) is 29.5. The molecule has 0 bridgehead atoms. The first-order valence-corrected chi connectivity index (χ1v) is 16.0. The molecule has 1 aromatic carbocycles. The Morgan fingerprint density at radius 3 is 2.20 bits per heavy atom. The largest absolute Gasteiger partial charge is 0.446 e. The molecule has 1 unspecified atom stereocenters. The Hall–Kier alpha value is -3.42. The predicted octanol–water partition coefficient (Wildman–Crippen LogP) is 9.93. The molecule has 0 heterocycles. The van der Waals surface area contributed by atoms with E-state index >= 15 is 0 Å². The maximum atomic E-state index is 12.4. The molecule has 1 aliphatic rings. The van der Waals surface area contributed by atoms with Crippen molar-refractivity contribution in [2.24, 2.45) is 15.4 Å². The van der Waals surface area contributed by atoms with Crippen LogP contribution in [0, 0.1) is 36.0 Å². The van der Waals surface area contributed by atoms with Gasteiger partial charge in [-0.05, 0) is 102 Å². The van der Waals surface area contributed by atoms with Gasteiger partial charge in [-0.15, -0.1) is 12.3 Å². The van der Waals surface area contributed by atoms with Crippen molar-refractivity contribution in [1.82, 2.24) is 4.90 Å². The Morgan fingerprint density at radius 1 is 1.23 bits per heavy atom. The second-order valence-electron chi connectivity index (χ2n) is 11.9. The topological polar surface area (TPSA) is 98.3 Å². The number of allylic oxidation sites excluding steroid dienone is 1. The first-order valence-electron chi connectivity index (χ1n) is 16.0. The number of carbonyl (C=O) groups excluding carboxylic acids is 1. The summed E-state index contributed by atoms with van der Waals surface area (Å²) in [5.74, 6) is 2.95. The molecule has 0 aromatic heterocycles. The standard InChI is InChI=1S/C19H34N2O3.C10H10N2.C4H10.C4H6/c1-7-15(9-10-19(5)11-12-19)24-17(22)21(6)16(8-2)20-14-13-18(3,4)23;1-3-12-10-5-4-9(7-11)6-8(10)2;2*1-3-4-2/h8,14-15,23H,7,9-13H2,1-6H3;3-6H,1-2H3;3-4H2,1-2H3;1H,4H2,2H3/b16-8+,20-14-;;;. The van der Waals surface area contributed by atoms with E-state index in [4.69, 9.17) is 16.4 Å². The van der Waals surface area contributed by atoms with Crippen molar-refractivity contribution in [1.29, 1.82) is 5.26 Å². The predicted molar refractivity (Wildman–Crippen MR) is 187 cm³/mol. The van der Waals surface area contributed by atoms with Crippen molar-refractivity contribution in [2.45, 2.75) is 139 Å². The van der Waals surface area contributed by atoms with Crippen LogP contribution in [0.2, 0.25) is 0 Å². The number of hydrogen-bond acceptors (Lipinski definition) is 6. The van der Waals surface area contributed by atoms with E-state index in [0.29, 0.717) is 23.2 Å². The van der Waals surface area contributed by atoms with E-state index < -0.39 is 5.60 Å². The molecule has 246 valence electrons. The molecule has 1 N–H and O–H groups in total. The highest BCUT2D eigenvalue weighted by Crippen LogP contribution is 2.49. The number of aryl methyl sites for hydroxylation is 1. The van der Waals surface area contributed by atoms with Crippen molar-refractivity contribution in [2.75, 3.05) is 7.05 Å². The average molecular weight is 609 g/mol. The minimum absolute atomic E-state index is 0.0455. The number of benzene rings is 1. The summed E-state index contributed by atoms with van der Waals surface area (Å²) in [4.78, 5) is 22.2. The molecule has 7 heteroatoms. The average Bonchev–Trinajstić information content (AvgIpc) is 3.75. The minimum Gasteiger partial charge on any atom is -0.446 e. The number of aliphatic hydroxyl groups is 1. The highest BCUT2D eigenvalue weighted by atomic mass is 16.6. The van der Waals surface area contributed by atoms with Crippen LogP contribution in [0.4, 0.5) is 10.5 Å². The lowest BCUT2D eigenvalue weighted by Gasteiger charge is -2.23. The summed E-state index contributed by atoms with van der Waals surface area (Å²) < 4.78 is 5.64. The van der Waals surface area contributed by atoms with E-state index in [9.17, 15) is 9.90 Å². The normalized spacial score (nSPS) is 14.0. The van der Waals surface area contributed by atoms with Gasteiger partial charge in [-0.1, -0.05) is 47.5 Å². The van der Waals surface area contributed by atoms with Gasteiger partial charge >= 0.3 is 6.09 Å². The number of ether oxygens (including phenoxy) is 1. The molecule has 1 aliphatic carbocycles. The molecule has 1 aromatic rings. The van der Waals surface area contributed by atoms with Crippen LogP contribution in [0.15, 0.2) is 40.1 Å². The van der Waals surface area contributed by atoms with Crippen LogP contribution in [0.5, 0.6) is 0 Å².